The molecule has 0 unspecified atom stereocenters. The number of hydrogen-bond donors (Lipinski definition) is 1. The van der Waals surface area contributed by atoms with Crippen molar-refractivity contribution in [3.8, 4) is 5.75 Å². The lowest BCUT2D eigenvalue weighted by molar-refractivity contribution is -0.150. The summed E-state index contributed by atoms with van der Waals surface area (Å²) in [6.07, 6.45) is 0. The molecule has 0 radical (unpaired) electrons. The van der Waals surface area contributed by atoms with Crippen molar-refractivity contribution in [2.24, 2.45) is 0 Å². The molecular weight excluding hydrogens is 236 g/mol. The Morgan fingerprint density at radius 2 is 1.82 bits per heavy atom. The van der Waals surface area contributed by atoms with Crippen LogP contribution in [0.5, 0.6) is 5.75 Å². The van der Waals surface area contributed by atoms with Crippen molar-refractivity contribution in [1.82, 2.24) is 0 Å². The predicted molar refractivity (Wildman–Crippen MR) is 53.6 cm³/mol. The zero-order valence-electron chi connectivity index (χ0n) is 9.04. The Labute approximate surface area is 95.3 Å². The van der Waals surface area contributed by atoms with Gasteiger partial charge in [0.25, 0.3) is 0 Å². The molecule has 0 fully saturated rings. The molecule has 7 heteroatoms. The van der Waals surface area contributed by atoms with Gasteiger partial charge in [-0.15, -0.1) is 0 Å². The van der Waals surface area contributed by atoms with Crippen molar-refractivity contribution in [2.75, 3.05) is 19.5 Å². The van der Waals surface area contributed by atoms with E-state index < -0.39 is 29.2 Å². The van der Waals surface area contributed by atoms with Gasteiger partial charge in [-0.1, -0.05) is 0 Å². The number of benzene rings is 1. The van der Waals surface area contributed by atoms with Crippen LogP contribution in [0.4, 0.5) is 14.5 Å². The van der Waals surface area contributed by atoms with E-state index in [4.69, 9.17) is 0 Å². The van der Waals surface area contributed by atoms with Crippen LogP contribution in [-0.4, -0.2) is 26.1 Å². The molecule has 1 amide bonds. The molecule has 0 aliphatic heterocycles. The van der Waals surface area contributed by atoms with E-state index in [1.165, 1.54) is 7.11 Å². The molecule has 0 atom stereocenters. The first-order chi connectivity index (χ1) is 7.99. The van der Waals surface area contributed by atoms with Crippen LogP contribution in [0, 0.1) is 11.6 Å². The molecule has 5 nitrogen and oxygen atoms in total. The largest absolute Gasteiger partial charge is 0.494 e. The second-order valence-electron chi connectivity index (χ2n) is 2.91. The summed E-state index contributed by atoms with van der Waals surface area (Å²) in [5.74, 6) is -4.51. The second kappa shape index (κ2) is 5.24. The van der Waals surface area contributed by atoms with Gasteiger partial charge >= 0.3 is 11.9 Å². The quantitative estimate of drug-likeness (QED) is 0.625. The van der Waals surface area contributed by atoms with Crippen molar-refractivity contribution in [2.45, 2.75) is 0 Å². The fourth-order valence-corrected chi connectivity index (χ4v) is 1.05. The van der Waals surface area contributed by atoms with Gasteiger partial charge in [0.15, 0.2) is 17.4 Å². The molecule has 0 aliphatic rings. The Morgan fingerprint density at radius 1 is 1.18 bits per heavy atom. The Kier molecular flexibility index (Phi) is 3.97. The zero-order chi connectivity index (χ0) is 13.0. The number of hydrogen-bond acceptors (Lipinski definition) is 4. The van der Waals surface area contributed by atoms with E-state index in [0.717, 1.165) is 13.2 Å². The molecule has 1 aromatic rings. The Bertz CT molecular complexity index is 462. The van der Waals surface area contributed by atoms with Gasteiger partial charge in [0, 0.05) is 12.1 Å². The Morgan fingerprint density at radius 3 is 2.35 bits per heavy atom. The highest BCUT2D eigenvalue weighted by Crippen LogP contribution is 2.24. The summed E-state index contributed by atoms with van der Waals surface area (Å²) in [7, 11) is 2.16. The van der Waals surface area contributed by atoms with E-state index in [2.05, 4.69) is 9.47 Å². The van der Waals surface area contributed by atoms with Crippen LogP contribution < -0.4 is 10.1 Å². The molecular formula is C10H9F2NO4. The molecule has 0 saturated carbocycles. The first-order valence-corrected chi connectivity index (χ1v) is 4.42. The Hall–Kier alpha value is -2.18. The highest BCUT2D eigenvalue weighted by atomic mass is 19.1. The van der Waals surface area contributed by atoms with Crippen molar-refractivity contribution in [3.05, 3.63) is 23.8 Å². The second-order valence-corrected chi connectivity index (χ2v) is 2.91. The van der Waals surface area contributed by atoms with Crippen LogP contribution in [0.15, 0.2) is 12.1 Å². The van der Waals surface area contributed by atoms with E-state index in [1.807, 2.05) is 5.32 Å². The summed E-state index contributed by atoms with van der Waals surface area (Å²) in [5.41, 5.74) is -0.473. The lowest BCUT2D eigenvalue weighted by Crippen LogP contribution is -2.24. The summed E-state index contributed by atoms with van der Waals surface area (Å²) in [4.78, 5) is 21.8. The topological polar surface area (TPSA) is 64.6 Å². The summed E-state index contributed by atoms with van der Waals surface area (Å²) >= 11 is 0. The van der Waals surface area contributed by atoms with Gasteiger partial charge in [-0.3, -0.25) is 4.79 Å². The maximum Gasteiger partial charge on any atom is 0.396 e. The number of esters is 1. The average Bonchev–Trinajstić information content (AvgIpc) is 2.32. The molecule has 1 N–H and O–H groups in total. The van der Waals surface area contributed by atoms with Crippen LogP contribution in [0.2, 0.25) is 0 Å². The highest BCUT2D eigenvalue weighted by Gasteiger charge is 2.17. The third-order valence-corrected chi connectivity index (χ3v) is 1.86. The van der Waals surface area contributed by atoms with Gasteiger partial charge < -0.3 is 14.8 Å². The fraction of sp³-hybridized carbons (Fsp3) is 0.200. The molecule has 0 saturated heterocycles. The van der Waals surface area contributed by atoms with Crippen LogP contribution in [-0.2, 0) is 14.3 Å². The SMILES string of the molecule is COC(=O)C(=O)Nc1cc(F)c(OC)cc1F. The molecule has 0 aromatic heterocycles. The van der Waals surface area contributed by atoms with Crippen molar-refractivity contribution < 1.29 is 27.8 Å². The van der Waals surface area contributed by atoms with Gasteiger partial charge in [-0.2, -0.15) is 0 Å². The first-order valence-electron chi connectivity index (χ1n) is 4.42. The average molecular weight is 245 g/mol. The lowest BCUT2D eigenvalue weighted by Gasteiger charge is -2.07. The number of amides is 1. The summed E-state index contributed by atoms with van der Waals surface area (Å²) in [6, 6.07) is 1.46. The third kappa shape index (κ3) is 2.90. The van der Waals surface area contributed by atoms with Gasteiger partial charge in [0.2, 0.25) is 0 Å². The van der Waals surface area contributed by atoms with E-state index in [0.29, 0.717) is 6.07 Å². The minimum Gasteiger partial charge on any atom is -0.494 e. The molecule has 0 spiro atoms. The maximum absolute atomic E-state index is 13.3. The number of methoxy groups -OCH3 is 2. The number of ether oxygens (including phenoxy) is 2. The molecule has 17 heavy (non-hydrogen) atoms. The minimum absolute atomic E-state index is 0.307. The van der Waals surface area contributed by atoms with Crippen molar-refractivity contribution in [3.63, 3.8) is 0 Å². The fourth-order valence-electron chi connectivity index (χ4n) is 1.05. The minimum atomic E-state index is -1.21. The van der Waals surface area contributed by atoms with Crippen LogP contribution in [0.3, 0.4) is 0 Å². The third-order valence-electron chi connectivity index (χ3n) is 1.86. The van der Waals surface area contributed by atoms with Crippen LogP contribution in [0.1, 0.15) is 0 Å². The Balaban J connectivity index is 2.96. The summed E-state index contributed by atoms with van der Waals surface area (Å²) < 4.78 is 35.2. The van der Waals surface area contributed by atoms with E-state index in [-0.39, 0.29) is 5.75 Å². The number of carbonyl (C=O) groups is 2. The zero-order valence-corrected chi connectivity index (χ0v) is 9.04. The van der Waals surface area contributed by atoms with E-state index in [9.17, 15) is 18.4 Å². The maximum atomic E-state index is 13.3. The summed E-state index contributed by atoms with van der Waals surface area (Å²) in [6.45, 7) is 0. The van der Waals surface area contributed by atoms with Crippen LogP contribution in [0.25, 0.3) is 0 Å². The van der Waals surface area contributed by atoms with Gasteiger partial charge in [0.1, 0.15) is 0 Å². The number of halogens is 2. The van der Waals surface area contributed by atoms with E-state index in [1.54, 1.807) is 0 Å². The monoisotopic (exact) mass is 245 g/mol. The number of rotatable bonds is 2. The van der Waals surface area contributed by atoms with Gasteiger partial charge in [-0.05, 0) is 0 Å². The normalized spacial score (nSPS) is 9.65. The standard InChI is InChI=1S/C10H9F2NO4/c1-16-8-4-5(11)7(3-6(8)12)13-9(14)10(15)17-2/h3-4H,1-2H3,(H,13,14). The van der Waals surface area contributed by atoms with Crippen molar-refractivity contribution >= 4 is 17.6 Å². The molecule has 92 valence electrons. The first kappa shape index (κ1) is 12.9. The number of carbonyl (C=O) groups excluding carboxylic acids is 2. The summed E-state index contributed by atoms with van der Waals surface area (Å²) in [5, 5.41) is 1.87. The smallest absolute Gasteiger partial charge is 0.396 e. The molecule has 0 aliphatic carbocycles. The van der Waals surface area contributed by atoms with Crippen LogP contribution >= 0.6 is 0 Å². The molecule has 1 aromatic carbocycles. The molecule has 1 rings (SSSR count). The van der Waals surface area contributed by atoms with Gasteiger partial charge in [0.05, 0.1) is 19.9 Å². The number of nitrogens with one attached hydrogen (secondary N) is 1. The predicted octanol–water partition coefficient (Wildman–Crippen LogP) is 1.08. The van der Waals surface area contributed by atoms with E-state index >= 15 is 0 Å². The molecule has 0 heterocycles. The molecule has 0 bridgehead atoms. The highest BCUT2D eigenvalue weighted by molar-refractivity contribution is 6.37. The lowest BCUT2D eigenvalue weighted by atomic mass is 10.2. The number of anilines is 1. The van der Waals surface area contributed by atoms with Gasteiger partial charge in [-0.25, -0.2) is 13.6 Å². The van der Waals surface area contributed by atoms with Crippen molar-refractivity contribution in [1.29, 1.82) is 0 Å².